The molecule has 6 rings (SSSR count). The van der Waals surface area contributed by atoms with Crippen molar-refractivity contribution in [2.24, 2.45) is 0 Å². The quantitative estimate of drug-likeness (QED) is 0.239. The zero-order chi connectivity index (χ0) is 29.1. The zero-order valence-electron chi connectivity index (χ0n) is 22.5. The van der Waals surface area contributed by atoms with E-state index in [1.807, 2.05) is 11.0 Å². The van der Waals surface area contributed by atoms with Crippen LogP contribution in [0, 0.1) is 5.82 Å². The lowest BCUT2D eigenvalue weighted by molar-refractivity contribution is -0.166. The molecule has 12 nitrogen and oxygen atoms in total. The number of hydrogen-bond donors (Lipinski definition) is 0. The second-order valence-corrected chi connectivity index (χ2v) is 10.9. The summed E-state index contributed by atoms with van der Waals surface area (Å²) in [6.07, 6.45) is -0.928. The fourth-order valence-corrected chi connectivity index (χ4v) is 6.29. The maximum Gasteiger partial charge on any atom is 0.303 e. The molecule has 2 fully saturated rings. The molecule has 41 heavy (non-hydrogen) atoms. The topological polar surface area (TPSA) is 135 Å². The van der Waals surface area contributed by atoms with Gasteiger partial charge >= 0.3 is 17.9 Å². The number of rotatable bonds is 6. The third kappa shape index (κ3) is 4.86. The van der Waals surface area contributed by atoms with E-state index < -0.39 is 42.4 Å². The Morgan fingerprint density at radius 2 is 1.83 bits per heavy atom. The number of benzene rings is 1. The van der Waals surface area contributed by atoms with Gasteiger partial charge in [0.05, 0.1) is 6.33 Å². The smallest absolute Gasteiger partial charge is 0.303 e. The Bertz CT molecular complexity index is 1560. The van der Waals surface area contributed by atoms with Crippen LogP contribution in [0.15, 0.2) is 24.5 Å². The number of esters is 3. The van der Waals surface area contributed by atoms with Crippen LogP contribution < -0.4 is 4.90 Å². The number of anilines is 1. The summed E-state index contributed by atoms with van der Waals surface area (Å²) < 4.78 is 37.8. The molecular formula is C27H27ClFN5O7. The van der Waals surface area contributed by atoms with Crippen molar-refractivity contribution >= 4 is 46.5 Å². The highest BCUT2D eigenvalue weighted by atomic mass is 35.5. The third-order valence-corrected chi connectivity index (χ3v) is 7.96. The second-order valence-electron chi connectivity index (χ2n) is 10.6. The van der Waals surface area contributed by atoms with Crippen molar-refractivity contribution in [1.29, 1.82) is 0 Å². The van der Waals surface area contributed by atoms with E-state index in [2.05, 4.69) is 15.0 Å². The van der Waals surface area contributed by atoms with Gasteiger partial charge in [0, 0.05) is 39.3 Å². The summed E-state index contributed by atoms with van der Waals surface area (Å²) in [5.41, 5.74) is 2.73. The van der Waals surface area contributed by atoms with Gasteiger partial charge in [0.25, 0.3) is 0 Å². The predicted octanol–water partition coefficient (Wildman–Crippen LogP) is 2.65. The lowest BCUT2D eigenvalue weighted by Gasteiger charge is -2.49. The van der Waals surface area contributed by atoms with E-state index in [0.717, 1.165) is 24.0 Å². The first-order chi connectivity index (χ1) is 19.5. The summed E-state index contributed by atoms with van der Waals surface area (Å²) in [5, 5.41) is -0.0388. The van der Waals surface area contributed by atoms with Crippen molar-refractivity contribution in [2.45, 2.75) is 63.6 Å². The van der Waals surface area contributed by atoms with Crippen LogP contribution in [0.4, 0.5) is 10.2 Å². The van der Waals surface area contributed by atoms with Gasteiger partial charge in [-0.15, -0.1) is 0 Å². The van der Waals surface area contributed by atoms with E-state index in [-0.39, 0.29) is 23.1 Å². The molecule has 0 radical (unpaired) electrons. The lowest BCUT2D eigenvalue weighted by Crippen LogP contribution is -2.58. The fourth-order valence-electron chi connectivity index (χ4n) is 6.13. The SMILES string of the molecule is CC(=O)OC[C@H]1O[C@@H](n2cnc3c(N4CC5(CCc6ccc(F)cc65)C4)nc(Cl)nc32)C(OC(C)=O)C1OC(C)=O. The van der Waals surface area contributed by atoms with Crippen LogP contribution in [0.2, 0.25) is 5.28 Å². The number of aryl methyl sites for hydroxylation is 1. The molecule has 3 aliphatic rings. The number of halogens is 2. The van der Waals surface area contributed by atoms with Crippen LogP contribution in [-0.2, 0) is 45.2 Å². The van der Waals surface area contributed by atoms with Crippen molar-refractivity contribution in [1.82, 2.24) is 19.5 Å². The first-order valence-corrected chi connectivity index (χ1v) is 13.5. The molecule has 2 aromatic heterocycles. The Morgan fingerprint density at radius 3 is 2.54 bits per heavy atom. The minimum atomic E-state index is -1.11. The monoisotopic (exact) mass is 587 g/mol. The minimum absolute atomic E-state index is 0.0388. The Morgan fingerprint density at radius 1 is 1.10 bits per heavy atom. The number of hydrogen-bond acceptors (Lipinski definition) is 11. The van der Waals surface area contributed by atoms with Gasteiger partial charge in [-0.3, -0.25) is 19.0 Å². The summed E-state index contributed by atoms with van der Waals surface area (Å²) in [4.78, 5) is 50.9. The molecule has 2 saturated heterocycles. The maximum atomic E-state index is 14.1. The standard InChI is InChI=1S/C27H27ClFN5O7/c1-13(35)38-9-19-21(39-14(2)36)22(40-15(3)37)25(41-19)34-12-30-20-23(31-26(28)32-24(20)34)33-10-27(11-33)7-6-16-4-5-17(29)8-18(16)27/h4-5,8,12,19,21-22,25H,6-7,9-11H2,1-3H3/t19-,21?,22?,25-/m1/s1. The number of nitrogens with zero attached hydrogens (tertiary/aromatic N) is 5. The van der Waals surface area contributed by atoms with Gasteiger partial charge in [0.2, 0.25) is 5.28 Å². The second kappa shape index (κ2) is 10.2. The number of ether oxygens (including phenoxy) is 4. The van der Waals surface area contributed by atoms with Crippen LogP contribution in [-0.4, -0.2) is 75.4 Å². The molecule has 1 aliphatic carbocycles. The van der Waals surface area contributed by atoms with Gasteiger partial charge in [-0.1, -0.05) is 6.07 Å². The molecule has 0 bridgehead atoms. The van der Waals surface area contributed by atoms with Gasteiger partial charge in [0.15, 0.2) is 35.4 Å². The summed E-state index contributed by atoms with van der Waals surface area (Å²) >= 11 is 6.38. The Kier molecular flexibility index (Phi) is 6.81. The highest BCUT2D eigenvalue weighted by Crippen LogP contribution is 2.48. The molecule has 2 unspecified atom stereocenters. The van der Waals surface area contributed by atoms with E-state index in [0.29, 0.717) is 30.1 Å². The molecule has 4 atom stereocenters. The van der Waals surface area contributed by atoms with Gasteiger partial charge in [-0.25, -0.2) is 9.37 Å². The van der Waals surface area contributed by atoms with Crippen LogP contribution in [0.5, 0.6) is 0 Å². The molecule has 0 amide bonds. The van der Waals surface area contributed by atoms with Crippen molar-refractivity contribution in [3.05, 3.63) is 46.8 Å². The highest BCUT2D eigenvalue weighted by molar-refractivity contribution is 6.28. The normalized spacial score (nSPS) is 24.3. The molecule has 3 aromatic rings. The Balaban J connectivity index is 1.33. The van der Waals surface area contributed by atoms with Crippen molar-refractivity contribution in [3.63, 3.8) is 0 Å². The predicted molar refractivity (Wildman–Crippen MR) is 141 cm³/mol. The fraction of sp³-hybridized carbons (Fsp3) is 0.481. The number of carbonyl (C=O) groups is 3. The summed E-state index contributed by atoms with van der Waals surface area (Å²) in [7, 11) is 0. The molecule has 1 spiro atoms. The van der Waals surface area contributed by atoms with E-state index in [9.17, 15) is 18.8 Å². The average molecular weight is 588 g/mol. The average Bonchev–Trinajstić information content (AvgIpc) is 3.55. The molecule has 1 aromatic carbocycles. The molecule has 2 aliphatic heterocycles. The van der Waals surface area contributed by atoms with Gasteiger partial charge in [-0.2, -0.15) is 9.97 Å². The summed E-state index contributed by atoms with van der Waals surface area (Å²) in [6, 6.07) is 4.96. The van der Waals surface area contributed by atoms with Gasteiger partial charge < -0.3 is 23.8 Å². The van der Waals surface area contributed by atoms with Crippen LogP contribution in [0.1, 0.15) is 44.5 Å². The zero-order valence-corrected chi connectivity index (χ0v) is 23.3. The highest BCUT2D eigenvalue weighted by Gasteiger charge is 2.52. The van der Waals surface area contributed by atoms with E-state index in [1.165, 1.54) is 37.7 Å². The number of fused-ring (bicyclic) bond motifs is 3. The van der Waals surface area contributed by atoms with Crippen molar-refractivity contribution in [2.75, 3.05) is 24.6 Å². The minimum Gasteiger partial charge on any atom is -0.463 e. The number of imidazole rings is 1. The molecular weight excluding hydrogens is 561 g/mol. The van der Waals surface area contributed by atoms with Crippen LogP contribution in [0.25, 0.3) is 11.2 Å². The van der Waals surface area contributed by atoms with Gasteiger partial charge in [0.1, 0.15) is 18.5 Å². The Hall–Kier alpha value is -3.84. The summed E-state index contributed by atoms with van der Waals surface area (Å²) in [5.74, 6) is -1.57. The Labute approximate surface area is 238 Å². The van der Waals surface area contributed by atoms with E-state index in [1.54, 1.807) is 6.07 Å². The summed E-state index contributed by atoms with van der Waals surface area (Å²) in [6.45, 7) is 4.64. The number of carbonyl (C=O) groups excluding carboxylic acids is 3. The lowest BCUT2D eigenvalue weighted by atomic mass is 9.74. The first kappa shape index (κ1) is 27.3. The van der Waals surface area contributed by atoms with Gasteiger partial charge in [-0.05, 0) is 47.7 Å². The first-order valence-electron chi connectivity index (χ1n) is 13.1. The third-order valence-electron chi connectivity index (χ3n) is 7.79. The van der Waals surface area contributed by atoms with E-state index in [4.69, 9.17) is 30.5 Å². The molecule has 0 saturated carbocycles. The molecule has 0 N–H and O–H groups in total. The molecule has 216 valence electrons. The number of aromatic nitrogens is 4. The van der Waals surface area contributed by atoms with Crippen LogP contribution in [0.3, 0.4) is 0 Å². The van der Waals surface area contributed by atoms with E-state index >= 15 is 0 Å². The maximum absolute atomic E-state index is 14.1. The van der Waals surface area contributed by atoms with Crippen LogP contribution >= 0.6 is 11.6 Å². The van der Waals surface area contributed by atoms with Crippen molar-refractivity contribution < 1.29 is 37.7 Å². The molecule has 4 heterocycles. The van der Waals surface area contributed by atoms with Crippen molar-refractivity contribution in [3.8, 4) is 0 Å². The molecule has 14 heteroatoms. The largest absolute Gasteiger partial charge is 0.463 e.